The van der Waals surface area contributed by atoms with Crippen molar-refractivity contribution < 1.29 is 19.1 Å². The van der Waals surface area contributed by atoms with E-state index in [0.29, 0.717) is 11.7 Å². The Morgan fingerprint density at radius 3 is 2.71 bits per heavy atom. The van der Waals surface area contributed by atoms with Crippen molar-refractivity contribution in [3.63, 3.8) is 0 Å². The second-order valence-corrected chi connectivity index (χ2v) is 6.73. The van der Waals surface area contributed by atoms with Gasteiger partial charge in [-0.2, -0.15) is 0 Å². The highest BCUT2D eigenvalue weighted by Gasteiger charge is 2.13. The summed E-state index contributed by atoms with van der Waals surface area (Å²) in [4.78, 5) is 32.1. The molecule has 0 spiro atoms. The van der Waals surface area contributed by atoms with Crippen LogP contribution in [0.4, 0.5) is 5.13 Å². The fraction of sp³-hybridized carbons (Fsp3) is 0.158. The van der Waals surface area contributed by atoms with Crippen molar-refractivity contribution in [3.8, 4) is 17.0 Å². The molecule has 144 valence electrons. The zero-order valence-electron chi connectivity index (χ0n) is 14.8. The highest BCUT2D eigenvalue weighted by molar-refractivity contribution is 7.14. The first kappa shape index (κ1) is 19.8. The van der Waals surface area contributed by atoms with E-state index >= 15 is 0 Å². The molecule has 1 aromatic carbocycles. The Hall–Kier alpha value is -2.97. The van der Waals surface area contributed by atoms with E-state index in [4.69, 9.17) is 21.1 Å². The van der Waals surface area contributed by atoms with Crippen LogP contribution >= 0.6 is 22.9 Å². The molecular formula is C19H16ClN3O4S. The maximum atomic E-state index is 12.0. The summed E-state index contributed by atoms with van der Waals surface area (Å²) in [6.07, 6.45) is 1.39. The van der Waals surface area contributed by atoms with E-state index in [0.717, 1.165) is 17.0 Å². The number of hydrogen-bond donors (Lipinski definition) is 1. The second-order valence-electron chi connectivity index (χ2n) is 5.49. The number of anilines is 1. The van der Waals surface area contributed by atoms with E-state index in [1.165, 1.54) is 29.7 Å². The molecule has 1 N–H and O–H groups in total. The van der Waals surface area contributed by atoms with Crippen LogP contribution in [0.3, 0.4) is 0 Å². The zero-order valence-corrected chi connectivity index (χ0v) is 16.4. The molecule has 0 radical (unpaired) electrons. The highest BCUT2D eigenvalue weighted by Crippen LogP contribution is 2.26. The maximum absolute atomic E-state index is 12.0. The number of pyridine rings is 1. The van der Waals surface area contributed by atoms with Gasteiger partial charge in [-0.25, -0.2) is 14.8 Å². The number of benzene rings is 1. The van der Waals surface area contributed by atoms with Crippen LogP contribution in [0, 0.1) is 0 Å². The molecule has 0 aliphatic carbocycles. The second kappa shape index (κ2) is 9.29. The number of thiazole rings is 1. The number of esters is 1. The van der Waals surface area contributed by atoms with Gasteiger partial charge in [0.25, 0.3) is 5.91 Å². The maximum Gasteiger partial charge on any atom is 0.338 e. The van der Waals surface area contributed by atoms with E-state index in [9.17, 15) is 9.59 Å². The van der Waals surface area contributed by atoms with E-state index in [-0.39, 0.29) is 10.7 Å². The molecule has 0 unspecified atom stereocenters. The standard InChI is InChI=1S/C19H16ClN3O4S/c1-2-26-14-5-3-12(4-6-14)15-11-28-19(22-15)23-17(24)10-27-18(25)13-7-8-21-16(20)9-13/h3-9,11H,2,10H2,1H3,(H,22,23,24). The number of carbonyl (C=O) groups excluding carboxylic acids is 2. The van der Waals surface area contributed by atoms with Gasteiger partial charge in [0.15, 0.2) is 11.7 Å². The summed E-state index contributed by atoms with van der Waals surface area (Å²) in [5.41, 5.74) is 1.85. The number of carbonyl (C=O) groups is 2. The van der Waals surface area contributed by atoms with Crippen molar-refractivity contribution in [1.29, 1.82) is 0 Å². The third kappa shape index (κ3) is 5.28. The summed E-state index contributed by atoms with van der Waals surface area (Å²) in [5, 5.41) is 5.02. The molecule has 0 saturated carbocycles. The van der Waals surface area contributed by atoms with Crippen molar-refractivity contribution in [2.75, 3.05) is 18.5 Å². The topological polar surface area (TPSA) is 90.4 Å². The molecule has 0 bridgehead atoms. The number of amides is 1. The van der Waals surface area contributed by atoms with Crippen LogP contribution < -0.4 is 10.1 Å². The van der Waals surface area contributed by atoms with E-state index in [1.807, 2.05) is 36.6 Å². The number of halogens is 1. The van der Waals surface area contributed by atoms with Crippen molar-refractivity contribution in [1.82, 2.24) is 9.97 Å². The monoisotopic (exact) mass is 417 g/mol. The molecule has 2 heterocycles. The smallest absolute Gasteiger partial charge is 0.338 e. The summed E-state index contributed by atoms with van der Waals surface area (Å²) < 4.78 is 10.4. The van der Waals surface area contributed by atoms with Crippen LogP contribution in [0.1, 0.15) is 17.3 Å². The van der Waals surface area contributed by atoms with Crippen LogP contribution in [-0.2, 0) is 9.53 Å². The van der Waals surface area contributed by atoms with Crippen molar-refractivity contribution in [3.05, 3.63) is 58.7 Å². The predicted molar refractivity (Wildman–Crippen MR) is 107 cm³/mol. The molecule has 0 fully saturated rings. The van der Waals surface area contributed by atoms with Crippen LogP contribution in [0.25, 0.3) is 11.3 Å². The number of nitrogens with one attached hydrogen (secondary N) is 1. The van der Waals surface area contributed by atoms with Gasteiger partial charge in [-0.1, -0.05) is 11.6 Å². The molecule has 2 aromatic heterocycles. The van der Waals surface area contributed by atoms with Crippen molar-refractivity contribution >= 4 is 39.9 Å². The van der Waals surface area contributed by atoms with Gasteiger partial charge in [0, 0.05) is 17.1 Å². The molecule has 1 amide bonds. The quantitative estimate of drug-likeness (QED) is 0.460. The lowest BCUT2D eigenvalue weighted by Gasteiger charge is -2.05. The van der Waals surface area contributed by atoms with Gasteiger partial charge in [-0.15, -0.1) is 11.3 Å². The van der Waals surface area contributed by atoms with Crippen LogP contribution in [0.5, 0.6) is 5.75 Å². The lowest BCUT2D eigenvalue weighted by molar-refractivity contribution is -0.119. The van der Waals surface area contributed by atoms with E-state index in [2.05, 4.69) is 15.3 Å². The van der Waals surface area contributed by atoms with Crippen LogP contribution in [-0.4, -0.2) is 35.1 Å². The Morgan fingerprint density at radius 2 is 2.00 bits per heavy atom. The average Bonchev–Trinajstić information content (AvgIpc) is 3.15. The minimum absolute atomic E-state index is 0.170. The fourth-order valence-electron chi connectivity index (χ4n) is 2.25. The Balaban J connectivity index is 1.54. The predicted octanol–water partition coefficient (Wildman–Crippen LogP) is 4.05. The van der Waals surface area contributed by atoms with E-state index < -0.39 is 18.5 Å². The Kier molecular flexibility index (Phi) is 6.57. The lowest BCUT2D eigenvalue weighted by atomic mass is 10.2. The number of nitrogens with zero attached hydrogens (tertiary/aromatic N) is 2. The van der Waals surface area contributed by atoms with Gasteiger partial charge >= 0.3 is 5.97 Å². The lowest BCUT2D eigenvalue weighted by Crippen LogP contribution is -2.20. The first-order valence-corrected chi connectivity index (χ1v) is 9.58. The average molecular weight is 418 g/mol. The van der Waals surface area contributed by atoms with E-state index in [1.54, 1.807) is 0 Å². The summed E-state index contributed by atoms with van der Waals surface area (Å²) in [6, 6.07) is 10.3. The zero-order chi connectivity index (χ0) is 19.9. The largest absolute Gasteiger partial charge is 0.494 e. The Labute approximate surface area is 170 Å². The molecule has 7 nitrogen and oxygen atoms in total. The summed E-state index contributed by atoms with van der Waals surface area (Å²) in [7, 11) is 0. The number of aromatic nitrogens is 2. The summed E-state index contributed by atoms with van der Waals surface area (Å²) in [6.45, 7) is 2.09. The molecule has 0 aliphatic heterocycles. The number of rotatable bonds is 7. The molecule has 3 rings (SSSR count). The first-order chi connectivity index (χ1) is 13.5. The van der Waals surface area contributed by atoms with Gasteiger partial charge in [0.2, 0.25) is 0 Å². The highest BCUT2D eigenvalue weighted by atomic mass is 35.5. The molecule has 0 aliphatic rings. The van der Waals surface area contributed by atoms with Crippen molar-refractivity contribution in [2.24, 2.45) is 0 Å². The third-order valence-electron chi connectivity index (χ3n) is 3.51. The van der Waals surface area contributed by atoms with Crippen LogP contribution in [0.2, 0.25) is 5.15 Å². The number of hydrogen-bond acceptors (Lipinski definition) is 7. The fourth-order valence-corrected chi connectivity index (χ4v) is 3.16. The normalized spacial score (nSPS) is 10.4. The van der Waals surface area contributed by atoms with Gasteiger partial charge < -0.3 is 9.47 Å². The van der Waals surface area contributed by atoms with Gasteiger partial charge in [0.05, 0.1) is 17.9 Å². The van der Waals surface area contributed by atoms with Gasteiger partial charge in [0.1, 0.15) is 10.9 Å². The molecule has 0 saturated heterocycles. The molecular weight excluding hydrogens is 402 g/mol. The van der Waals surface area contributed by atoms with Crippen LogP contribution in [0.15, 0.2) is 48.0 Å². The minimum atomic E-state index is -0.659. The van der Waals surface area contributed by atoms with Crippen molar-refractivity contribution in [2.45, 2.75) is 6.92 Å². The minimum Gasteiger partial charge on any atom is -0.494 e. The molecule has 3 aromatic rings. The molecule has 9 heteroatoms. The molecule has 0 atom stereocenters. The Morgan fingerprint density at radius 1 is 1.21 bits per heavy atom. The summed E-state index contributed by atoms with van der Waals surface area (Å²) in [5.74, 6) is -0.359. The number of ether oxygens (including phenoxy) is 2. The van der Waals surface area contributed by atoms with Gasteiger partial charge in [-0.3, -0.25) is 10.1 Å². The molecule has 28 heavy (non-hydrogen) atoms. The summed E-state index contributed by atoms with van der Waals surface area (Å²) >= 11 is 7.00. The first-order valence-electron chi connectivity index (χ1n) is 8.32. The van der Waals surface area contributed by atoms with Gasteiger partial charge in [-0.05, 0) is 43.3 Å². The SMILES string of the molecule is CCOc1ccc(-c2csc(NC(=O)COC(=O)c3ccnc(Cl)c3)n2)cc1. The third-order valence-corrected chi connectivity index (χ3v) is 4.47. The Bertz CT molecular complexity index is 975.